The summed E-state index contributed by atoms with van der Waals surface area (Å²) in [5.74, 6) is -1.05. The first-order chi connectivity index (χ1) is 12.7. The molecule has 0 spiro atoms. The number of carbonyl (C=O) groups excluding carboxylic acids is 3. The van der Waals surface area contributed by atoms with Crippen molar-refractivity contribution in [1.82, 2.24) is 0 Å². The second-order valence-electron chi connectivity index (χ2n) is 8.41. The highest BCUT2D eigenvalue weighted by Gasteiger charge is 2.75. The summed E-state index contributed by atoms with van der Waals surface area (Å²) in [6.45, 7) is 7.77. The first kappa shape index (κ1) is 18.5. The van der Waals surface area contributed by atoms with Gasteiger partial charge >= 0.3 is 11.9 Å². The van der Waals surface area contributed by atoms with E-state index in [9.17, 15) is 14.4 Å². The van der Waals surface area contributed by atoms with E-state index in [2.05, 4.69) is 5.32 Å². The molecule has 2 heterocycles. The van der Waals surface area contributed by atoms with Gasteiger partial charge in [0, 0.05) is 10.3 Å². The monoisotopic (exact) mass is 391 g/mol. The van der Waals surface area contributed by atoms with Gasteiger partial charge in [-0.05, 0) is 51.5 Å². The first-order valence-electron chi connectivity index (χ1n) is 9.54. The zero-order valence-electron chi connectivity index (χ0n) is 16.2. The van der Waals surface area contributed by atoms with E-state index in [1.807, 2.05) is 20.8 Å². The molecule has 2 fully saturated rings. The molecule has 0 aromatic carbocycles. The van der Waals surface area contributed by atoms with Gasteiger partial charge in [-0.2, -0.15) is 0 Å². The topological polar surface area (TPSA) is 81.7 Å². The minimum absolute atomic E-state index is 0.282. The largest absolute Gasteiger partial charge is 0.462 e. The number of aryl methyl sites for hydroxylation is 1. The van der Waals surface area contributed by atoms with Gasteiger partial charge in [0.2, 0.25) is 0 Å². The Labute approximate surface area is 162 Å². The molecule has 1 aromatic heterocycles. The molecule has 2 bridgehead atoms. The third-order valence-corrected chi connectivity index (χ3v) is 8.29. The lowest BCUT2D eigenvalue weighted by molar-refractivity contribution is -0.165. The van der Waals surface area contributed by atoms with Crippen molar-refractivity contribution in [3.8, 4) is 0 Å². The molecule has 27 heavy (non-hydrogen) atoms. The van der Waals surface area contributed by atoms with Crippen molar-refractivity contribution in [2.75, 3.05) is 11.9 Å². The number of carbonyl (C=O) groups is 3. The molecular formula is C20H25NO5S. The van der Waals surface area contributed by atoms with Crippen molar-refractivity contribution >= 4 is 34.2 Å². The van der Waals surface area contributed by atoms with Gasteiger partial charge in [0.05, 0.1) is 17.6 Å². The Morgan fingerprint density at radius 1 is 1.22 bits per heavy atom. The van der Waals surface area contributed by atoms with Gasteiger partial charge in [-0.3, -0.25) is 9.59 Å². The highest BCUT2D eigenvalue weighted by molar-refractivity contribution is 7.17. The first-order valence-corrected chi connectivity index (χ1v) is 10.4. The van der Waals surface area contributed by atoms with Crippen LogP contribution in [0.1, 0.15) is 67.8 Å². The van der Waals surface area contributed by atoms with E-state index < -0.39 is 22.4 Å². The summed E-state index contributed by atoms with van der Waals surface area (Å²) in [7, 11) is 0. The molecule has 2 unspecified atom stereocenters. The number of anilines is 1. The minimum atomic E-state index is -1.20. The van der Waals surface area contributed by atoms with Crippen LogP contribution in [-0.4, -0.2) is 30.1 Å². The standard InChI is InChI=1S/C20H25NO5S/c1-5-25-15(22)13-11-7-6-8-12(11)27-14(13)21-16(23)20-10-9-19(4,17(24)26-20)18(20,2)3/h5-10H2,1-4H3,(H,21,23). The molecule has 1 aromatic rings. The van der Waals surface area contributed by atoms with E-state index in [1.54, 1.807) is 6.92 Å². The lowest BCUT2D eigenvalue weighted by Gasteiger charge is -2.35. The maximum Gasteiger partial charge on any atom is 0.341 e. The molecule has 2 atom stereocenters. The third kappa shape index (κ3) is 2.21. The molecule has 1 amide bonds. The average Bonchev–Trinajstić information content (AvgIpc) is 3.25. The van der Waals surface area contributed by atoms with E-state index in [1.165, 1.54) is 11.3 Å². The van der Waals surface area contributed by atoms with Crippen LogP contribution in [0, 0.1) is 10.8 Å². The predicted octanol–water partition coefficient (Wildman–Crippen LogP) is 3.47. The summed E-state index contributed by atoms with van der Waals surface area (Å²) < 4.78 is 10.9. The fraction of sp³-hybridized carbons (Fsp3) is 0.650. The van der Waals surface area contributed by atoms with E-state index in [0.29, 0.717) is 23.4 Å². The van der Waals surface area contributed by atoms with Gasteiger partial charge in [0.15, 0.2) is 5.60 Å². The summed E-state index contributed by atoms with van der Waals surface area (Å²) in [5.41, 5.74) is -1.01. The van der Waals surface area contributed by atoms with Crippen molar-refractivity contribution < 1.29 is 23.9 Å². The number of amides is 1. The molecule has 3 aliphatic rings. The lowest BCUT2D eigenvalue weighted by Crippen LogP contribution is -2.50. The van der Waals surface area contributed by atoms with Crippen LogP contribution in [0.15, 0.2) is 0 Å². The molecule has 1 saturated heterocycles. The van der Waals surface area contributed by atoms with Crippen LogP contribution in [0.2, 0.25) is 0 Å². The van der Waals surface area contributed by atoms with Crippen LogP contribution in [0.3, 0.4) is 0 Å². The second-order valence-corrected chi connectivity index (χ2v) is 9.51. The molecule has 1 saturated carbocycles. The molecule has 1 N–H and O–H groups in total. The van der Waals surface area contributed by atoms with Crippen molar-refractivity contribution in [3.05, 3.63) is 16.0 Å². The van der Waals surface area contributed by atoms with Gasteiger partial charge in [0.25, 0.3) is 5.91 Å². The van der Waals surface area contributed by atoms with Crippen molar-refractivity contribution in [3.63, 3.8) is 0 Å². The van der Waals surface area contributed by atoms with Crippen LogP contribution in [0.5, 0.6) is 0 Å². The highest BCUT2D eigenvalue weighted by atomic mass is 32.1. The number of thiophene rings is 1. The number of rotatable bonds is 4. The Hall–Kier alpha value is -1.89. The minimum Gasteiger partial charge on any atom is -0.462 e. The Balaban J connectivity index is 1.69. The van der Waals surface area contributed by atoms with Crippen LogP contribution in [-0.2, 0) is 31.9 Å². The van der Waals surface area contributed by atoms with Crippen molar-refractivity contribution in [2.24, 2.45) is 10.8 Å². The maximum atomic E-state index is 13.3. The quantitative estimate of drug-likeness (QED) is 0.795. The Morgan fingerprint density at radius 2 is 1.96 bits per heavy atom. The lowest BCUT2D eigenvalue weighted by atomic mass is 9.66. The van der Waals surface area contributed by atoms with Gasteiger partial charge in [-0.25, -0.2) is 4.79 Å². The Morgan fingerprint density at radius 3 is 2.56 bits per heavy atom. The van der Waals surface area contributed by atoms with E-state index in [-0.39, 0.29) is 18.5 Å². The highest BCUT2D eigenvalue weighted by Crippen LogP contribution is 2.65. The maximum absolute atomic E-state index is 13.3. The Bertz CT molecular complexity index is 857. The Kier molecular flexibility index (Phi) is 3.97. The number of hydrogen-bond acceptors (Lipinski definition) is 6. The molecule has 146 valence electrons. The summed E-state index contributed by atoms with van der Waals surface area (Å²) in [5, 5.41) is 3.45. The van der Waals surface area contributed by atoms with Gasteiger partial charge in [0.1, 0.15) is 5.00 Å². The summed E-state index contributed by atoms with van der Waals surface area (Å²) >= 11 is 1.44. The zero-order valence-corrected chi connectivity index (χ0v) is 17.0. The summed E-state index contributed by atoms with van der Waals surface area (Å²) in [4.78, 5) is 39.4. The second kappa shape index (κ2) is 5.80. The average molecular weight is 391 g/mol. The number of nitrogens with one attached hydrogen (secondary N) is 1. The molecule has 2 aliphatic carbocycles. The van der Waals surface area contributed by atoms with E-state index >= 15 is 0 Å². The summed E-state index contributed by atoms with van der Waals surface area (Å²) in [6.07, 6.45) is 3.85. The third-order valence-electron chi connectivity index (χ3n) is 7.08. The van der Waals surface area contributed by atoms with Crippen molar-refractivity contribution in [2.45, 2.75) is 65.4 Å². The molecule has 6 nitrogen and oxygen atoms in total. The van der Waals surface area contributed by atoms with Crippen LogP contribution in [0.4, 0.5) is 5.00 Å². The van der Waals surface area contributed by atoms with E-state index in [4.69, 9.17) is 9.47 Å². The van der Waals surface area contributed by atoms with Gasteiger partial charge < -0.3 is 14.8 Å². The molecule has 7 heteroatoms. The zero-order chi connectivity index (χ0) is 19.6. The fourth-order valence-electron chi connectivity index (χ4n) is 4.86. The number of ether oxygens (including phenoxy) is 2. The SMILES string of the molecule is CCOC(=O)c1c(NC(=O)C23CCC(C)(C(=O)O2)C3(C)C)sc2c1CCC2. The molecule has 4 rings (SSSR count). The molecular weight excluding hydrogens is 366 g/mol. The number of esters is 2. The number of hydrogen-bond donors (Lipinski definition) is 1. The fourth-order valence-corrected chi connectivity index (χ4v) is 6.14. The van der Waals surface area contributed by atoms with Crippen LogP contribution in [0.25, 0.3) is 0 Å². The smallest absolute Gasteiger partial charge is 0.341 e. The van der Waals surface area contributed by atoms with Gasteiger partial charge in [-0.15, -0.1) is 11.3 Å². The van der Waals surface area contributed by atoms with Crippen LogP contribution >= 0.6 is 11.3 Å². The predicted molar refractivity (Wildman–Crippen MR) is 101 cm³/mol. The van der Waals surface area contributed by atoms with Crippen molar-refractivity contribution in [1.29, 1.82) is 0 Å². The number of fused-ring (bicyclic) bond motifs is 3. The normalized spacial score (nSPS) is 30.1. The summed E-state index contributed by atoms with van der Waals surface area (Å²) in [6, 6.07) is 0. The molecule has 0 radical (unpaired) electrons. The van der Waals surface area contributed by atoms with Crippen LogP contribution < -0.4 is 5.32 Å². The molecule has 1 aliphatic heterocycles. The van der Waals surface area contributed by atoms with Gasteiger partial charge in [-0.1, -0.05) is 13.8 Å². The van der Waals surface area contributed by atoms with E-state index in [0.717, 1.165) is 29.7 Å².